The number of anilines is 3. The molecule has 0 amide bonds. The van der Waals surface area contributed by atoms with Gasteiger partial charge in [0, 0.05) is 61.2 Å². The van der Waals surface area contributed by atoms with Crippen molar-refractivity contribution in [2.45, 2.75) is 26.2 Å². The second kappa shape index (κ2) is 11.6. The van der Waals surface area contributed by atoms with Crippen LogP contribution in [0, 0.1) is 6.07 Å². The summed E-state index contributed by atoms with van der Waals surface area (Å²) in [6.45, 7) is 5.75. The molecule has 46 heavy (non-hydrogen) atoms. The van der Waals surface area contributed by atoms with Crippen molar-refractivity contribution >= 4 is 56.8 Å². The molecule has 1 aliphatic rings. The SMILES string of the molecule is CC(C)(C)c1ccnc(-n2c3ccccc3c3ccc(Oc4[c-]c5c(cc4)N(c4ccccc4)c4ccccc4B5O)nc32)c1.[Pt]. The molecule has 0 radical (unpaired) electrons. The van der Waals surface area contributed by atoms with Crippen LogP contribution in [0.5, 0.6) is 11.6 Å². The maximum Gasteiger partial charge on any atom is 0.337 e. The molecular weight excluding hydrogens is 750 g/mol. The Bertz CT molecular complexity index is 2230. The molecule has 1 aliphatic heterocycles. The zero-order valence-electron chi connectivity index (χ0n) is 25.6. The van der Waals surface area contributed by atoms with E-state index in [1.54, 1.807) is 0 Å². The second-order valence-corrected chi connectivity index (χ2v) is 12.4. The van der Waals surface area contributed by atoms with Gasteiger partial charge in [0.1, 0.15) is 5.82 Å². The van der Waals surface area contributed by atoms with Crippen molar-refractivity contribution < 1.29 is 30.8 Å². The Kier molecular flexibility index (Phi) is 7.55. The molecule has 4 aromatic carbocycles. The maximum absolute atomic E-state index is 11.5. The van der Waals surface area contributed by atoms with E-state index in [-0.39, 0.29) is 26.5 Å². The minimum absolute atomic E-state index is 0. The van der Waals surface area contributed by atoms with Crippen LogP contribution in [0.3, 0.4) is 0 Å². The predicted octanol–water partition coefficient (Wildman–Crippen LogP) is 7.34. The van der Waals surface area contributed by atoms with Gasteiger partial charge in [0.15, 0.2) is 5.65 Å². The number of rotatable bonds is 4. The third-order valence-corrected chi connectivity index (χ3v) is 8.48. The Balaban J connectivity index is 0.00000338. The summed E-state index contributed by atoms with van der Waals surface area (Å²) in [4.78, 5) is 11.9. The van der Waals surface area contributed by atoms with Crippen molar-refractivity contribution in [3.63, 3.8) is 0 Å². The molecule has 0 aliphatic carbocycles. The number of fused-ring (bicyclic) bond motifs is 5. The van der Waals surface area contributed by atoms with Crippen LogP contribution in [0.15, 0.2) is 121 Å². The summed E-state index contributed by atoms with van der Waals surface area (Å²) in [6.07, 6.45) is 1.86. The van der Waals surface area contributed by atoms with Gasteiger partial charge in [-0.2, -0.15) is 4.98 Å². The minimum Gasteiger partial charge on any atom is -0.466 e. The van der Waals surface area contributed by atoms with Gasteiger partial charge in [-0.1, -0.05) is 81.1 Å². The second-order valence-electron chi connectivity index (χ2n) is 12.4. The van der Waals surface area contributed by atoms with Crippen LogP contribution in [-0.2, 0) is 26.5 Å². The van der Waals surface area contributed by atoms with Gasteiger partial charge in [0.2, 0.25) is 5.88 Å². The van der Waals surface area contributed by atoms with E-state index in [2.05, 4.69) is 72.7 Å². The van der Waals surface area contributed by atoms with Crippen LogP contribution in [-0.4, -0.2) is 26.5 Å². The van der Waals surface area contributed by atoms with Crippen molar-refractivity contribution in [1.29, 1.82) is 0 Å². The fourth-order valence-electron chi connectivity index (χ4n) is 6.24. The molecule has 0 saturated heterocycles. The molecule has 0 spiro atoms. The summed E-state index contributed by atoms with van der Waals surface area (Å²) < 4.78 is 8.46. The number of benzene rings is 4. The largest absolute Gasteiger partial charge is 0.466 e. The number of ether oxygens (including phenoxy) is 1. The molecular formula is C38H30BN4O2Pt-. The molecule has 0 bridgehead atoms. The third kappa shape index (κ3) is 5.01. The fraction of sp³-hybridized carbons (Fsp3) is 0.105. The minimum atomic E-state index is -0.848. The normalized spacial score (nSPS) is 12.5. The molecule has 0 atom stereocenters. The summed E-state index contributed by atoms with van der Waals surface area (Å²) >= 11 is 0. The van der Waals surface area contributed by atoms with Gasteiger partial charge in [-0.25, -0.2) is 4.98 Å². The molecule has 6 nitrogen and oxygen atoms in total. The molecule has 4 heterocycles. The van der Waals surface area contributed by atoms with Gasteiger partial charge in [0.25, 0.3) is 0 Å². The summed E-state index contributed by atoms with van der Waals surface area (Å²) in [7, 11) is 0. The van der Waals surface area contributed by atoms with E-state index in [0.717, 1.165) is 50.3 Å². The van der Waals surface area contributed by atoms with Gasteiger partial charge in [-0.15, -0.1) is 23.7 Å². The van der Waals surface area contributed by atoms with E-state index in [0.29, 0.717) is 17.1 Å². The molecule has 3 aromatic heterocycles. The van der Waals surface area contributed by atoms with E-state index >= 15 is 0 Å². The summed E-state index contributed by atoms with van der Waals surface area (Å²) in [5.74, 6) is 1.71. The summed E-state index contributed by atoms with van der Waals surface area (Å²) in [5.41, 5.74) is 7.21. The van der Waals surface area contributed by atoms with Crippen LogP contribution in [0.2, 0.25) is 0 Å². The first kappa shape index (κ1) is 30.0. The van der Waals surface area contributed by atoms with Crippen LogP contribution < -0.4 is 20.6 Å². The fourth-order valence-corrected chi connectivity index (χ4v) is 6.24. The zero-order chi connectivity index (χ0) is 30.7. The van der Waals surface area contributed by atoms with E-state index in [9.17, 15) is 5.02 Å². The molecule has 0 fully saturated rings. The van der Waals surface area contributed by atoms with Gasteiger partial charge < -0.3 is 14.7 Å². The topological polar surface area (TPSA) is 63.4 Å². The number of hydrogen-bond donors (Lipinski definition) is 1. The Morgan fingerprint density at radius 1 is 0.783 bits per heavy atom. The van der Waals surface area contributed by atoms with E-state index in [1.807, 2.05) is 85.1 Å². The average molecular weight is 781 g/mol. The Morgan fingerprint density at radius 3 is 2.37 bits per heavy atom. The van der Waals surface area contributed by atoms with E-state index in [1.165, 1.54) is 5.56 Å². The molecule has 8 heteroatoms. The van der Waals surface area contributed by atoms with Gasteiger partial charge in [0.05, 0.1) is 5.52 Å². The Morgan fingerprint density at radius 2 is 1.54 bits per heavy atom. The van der Waals surface area contributed by atoms with Crippen LogP contribution >= 0.6 is 0 Å². The molecule has 7 aromatic rings. The van der Waals surface area contributed by atoms with Crippen molar-refractivity contribution in [3.8, 4) is 17.4 Å². The Labute approximate surface area is 282 Å². The van der Waals surface area contributed by atoms with Gasteiger partial charge in [-0.05, 0) is 58.9 Å². The molecule has 0 saturated carbocycles. The monoisotopic (exact) mass is 780 g/mol. The van der Waals surface area contributed by atoms with Crippen molar-refractivity contribution in [3.05, 3.63) is 133 Å². The van der Waals surface area contributed by atoms with Gasteiger partial charge in [-0.3, -0.25) is 4.57 Å². The first-order valence-electron chi connectivity index (χ1n) is 15.1. The number of aromatic nitrogens is 3. The molecule has 0 unspecified atom stereocenters. The smallest absolute Gasteiger partial charge is 0.337 e. The summed E-state index contributed by atoms with van der Waals surface area (Å²) in [5, 5.41) is 13.6. The van der Waals surface area contributed by atoms with Crippen LogP contribution in [0.4, 0.5) is 17.1 Å². The molecule has 1 N–H and O–H groups in total. The van der Waals surface area contributed by atoms with E-state index < -0.39 is 6.92 Å². The average Bonchev–Trinajstić information content (AvgIpc) is 3.39. The quantitative estimate of drug-likeness (QED) is 0.150. The third-order valence-electron chi connectivity index (χ3n) is 8.48. The zero-order valence-corrected chi connectivity index (χ0v) is 27.9. The van der Waals surface area contributed by atoms with Crippen LogP contribution in [0.25, 0.3) is 27.8 Å². The van der Waals surface area contributed by atoms with Crippen molar-refractivity contribution in [1.82, 2.24) is 14.5 Å². The number of nitrogens with zero attached hydrogens (tertiary/aromatic N) is 4. The Hall–Kier alpha value is -4.71. The summed E-state index contributed by atoms with van der Waals surface area (Å²) in [6, 6.07) is 41.7. The first-order chi connectivity index (χ1) is 21.9. The molecule has 228 valence electrons. The van der Waals surface area contributed by atoms with Crippen LogP contribution in [0.1, 0.15) is 26.3 Å². The van der Waals surface area contributed by atoms with E-state index in [4.69, 9.17) is 14.7 Å². The standard InChI is InChI=1S/C38H30BN4O2.Pt/c1-38(2,3)25-21-22-40-35(23-25)43-32-15-9-7-13-28(32)29-18-20-36(41-37(29)43)45-27-17-19-34-31(24-27)39(44)30-14-8-10-16-33(30)42(34)26-11-5-4-6-12-26;/h4-23,44H,1-3H3;/q-1;. The first-order valence-corrected chi connectivity index (χ1v) is 15.1. The van der Waals surface area contributed by atoms with Crippen molar-refractivity contribution in [2.24, 2.45) is 0 Å². The van der Waals surface area contributed by atoms with Crippen molar-refractivity contribution in [2.75, 3.05) is 4.90 Å². The predicted molar refractivity (Wildman–Crippen MR) is 182 cm³/mol. The molecule has 8 rings (SSSR count). The maximum atomic E-state index is 11.5. The number of pyridine rings is 2. The number of para-hydroxylation sites is 3. The number of hydrogen-bond acceptors (Lipinski definition) is 5. The van der Waals surface area contributed by atoms with Gasteiger partial charge >= 0.3 is 6.92 Å².